The van der Waals surface area contributed by atoms with Gasteiger partial charge in [-0.25, -0.2) is 4.58 Å². The van der Waals surface area contributed by atoms with Crippen LogP contribution in [0.5, 0.6) is 0 Å². The second-order valence-corrected chi connectivity index (χ2v) is 4.55. The fraction of sp³-hybridized carbons (Fsp3) is 0.176. The Morgan fingerprint density at radius 2 is 2.10 bits per heavy atom. The summed E-state index contributed by atoms with van der Waals surface area (Å²) in [4.78, 5) is 0. The fourth-order valence-corrected chi connectivity index (χ4v) is 2.09. The van der Waals surface area contributed by atoms with Crippen LogP contribution >= 0.6 is 0 Å². The van der Waals surface area contributed by atoms with Gasteiger partial charge in [-0.2, -0.15) is 5.10 Å². The van der Waals surface area contributed by atoms with Crippen LogP contribution in [0.1, 0.15) is 13.8 Å². The van der Waals surface area contributed by atoms with Gasteiger partial charge in [0.2, 0.25) is 0 Å². The van der Waals surface area contributed by atoms with Gasteiger partial charge >= 0.3 is 5.82 Å². The Labute approximate surface area is 120 Å². The highest BCUT2D eigenvalue weighted by Gasteiger charge is 2.15. The second-order valence-electron chi connectivity index (χ2n) is 4.55. The molecule has 3 nitrogen and oxygen atoms in total. The van der Waals surface area contributed by atoms with Crippen LogP contribution in [0.4, 0.5) is 5.82 Å². The molecular formula is C17H20N3+. The summed E-state index contributed by atoms with van der Waals surface area (Å²) in [6.45, 7) is 8.63. The Kier molecular flexibility index (Phi) is 4.66. The Hall–Kier alpha value is -2.42. The van der Waals surface area contributed by atoms with E-state index < -0.39 is 0 Å². The normalized spacial score (nSPS) is 12.5. The molecule has 1 aromatic carbocycles. The lowest BCUT2D eigenvalue weighted by Crippen LogP contribution is -2.13. The van der Waals surface area contributed by atoms with Crippen LogP contribution in [0.25, 0.3) is 11.3 Å². The molecule has 0 atom stereocenters. The summed E-state index contributed by atoms with van der Waals surface area (Å²) < 4.78 is 2.12. The van der Waals surface area contributed by atoms with E-state index in [0.29, 0.717) is 0 Å². The van der Waals surface area contributed by atoms with Crippen LogP contribution in [0.3, 0.4) is 0 Å². The number of hydrogen-bond acceptors (Lipinski definition) is 1. The van der Waals surface area contributed by atoms with Gasteiger partial charge in [0.05, 0.1) is 16.9 Å². The van der Waals surface area contributed by atoms with Crippen molar-refractivity contribution in [2.24, 2.45) is 0 Å². The molecule has 20 heavy (non-hydrogen) atoms. The predicted molar refractivity (Wildman–Crippen MR) is 84.5 cm³/mol. The van der Waals surface area contributed by atoms with Crippen LogP contribution in [0, 0.1) is 0 Å². The van der Waals surface area contributed by atoms with E-state index >= 15 is 0 Å². The molecule has 1 N–H and O–H groups in total. The van der Waals surface area contributed by atoms with Crippen LogP contribution in [-0.2, 0) is 0 Å². The van der Waals surface area contributed by atoms with Crippen molar-refractivity contribution >= 4 is 11.5 Å². The first kappa shape index (κ1) is 14.0. The number of nitrogens with one attached hydrogen (secondary N) is 1. The minimum absolute atomic E-state index is 0.731. The van der Waals surface area contributed by atoms with Gasteiger partial charge in [0.25, 0.3) is 0 Å². The first-order valence-corrected chi connectivity index (χ1v) is 6.71. The first-order chi connectivity index (χ1) is 9.76. The standard InChI is InChI=1S/C17H20N3/c1-4-9-14(3)20(12-5-2)17-13-16(18-19-17)15-10-7-6-8-11-15/h4-11,13H,2,12H2,1,3H3,(H,18,19)/q+1/b9-4+,20-14?. The summed E-state index contributed by atoms with van der Waals surface area (Å²) in [7, 11) is 0. The molecule has 0 aliphatic carbocycles. The molecule has 1 aromatic heterocycles. The Bertz CT molecular complexity index is 633. The molecule has 3 heteroatoms. The summed E-state index contributed by atoms with van der Waals surface area (Å²) in [5.74, 6) is 0.902. The Balaban J connectivity index is 2.40. The van der Waals surface area contributed by atoms with Crippen molar-refractivity contribution in [1.82, 2.24) is 10.2 Å². The van der Waals surface area contributed by atoms with Crippen molar-refractivity contribution < 1.29 is 4.58 Å². The molecule has 0 aliphatic heterocycles. The largest absolute Gasteiger partial charge is 0.350 e. The second kappa shape index (κ2) is 6.66. The van der Waals surface area contributed by atoms with E-state index in [0.717, 1.165) is 29.3 Å². The molecule has 2 rings (SSSR count). The van der Waals surface area contributed by atoms with Crippen molar-refractivity contribution in [2.75, 3.05) is 6.54 Å². The zero-order valence-corrected chi connectivity index (χ0v) is 12.0. The number of benzene rings is 1. The molecule has 102 valence electrons. The van der Waals surface area contributed by atoms with Crippen LogP contribution < -0.4 is 0 Å². The number of nitrogens with zero attached hydrogens (tertiary/aromatic N) is 2. The fourth-order valence-electron chi connectivity index (χ4n) is 2.09. The van der Waals surface area contributed by atoms with Gasteiger partial charge in [-0.3, -0.25) is 0 Å². The van der Waals surface area contributed by atoms with E-state index in [2.05, 4.69) is 52.6 Å². The third-order valence-electron chi connectivity index (χ3n) is 3.07. The van der Waals surface area contributed by atoms with Gasteiger partial charge in [0.15, 0.2) is 0 Å². The zero-order valence-electron chi connectivity index (χ0n) is 12.0. The van der Waals surface area contributed by atoms with E-state index in [1.165, 1.54) is 0 Å². The Morgan fingerprint density at radius 3 is 2.75 bits per heavy atom. The minimum Gasteiger partial charge on any atom is -0.223 e. The van der Waals surface area contributed by atoms with Crippen molar-refractivity contribution in [2.45, 2.75) is 13.8 Å². The molecule has 0 unspecified atom stereocenters. The van der Waals surface area contributed by atoms with Crippen molar-refractivity contribution in [3.05, 3.63) is 61.2 Å². The minimum atomic E-state index is 0.731. The summed E-state index contributed by atoms with van der Waals surface area (Å²) in [6.07, 6.45) is 5.97. The van der Waals surface area contributed by atoms with E-state index in [9.17, 15) is 0 Å². The number of H-pyrrole nitrogens is 1. The first-order valence-electron chi connectivity index (χ1n) is 6.71. The molecule has 0 aliphatic rings. The molecule has 0 saturated carbocycles. The maximum Gasteiger partial charge on any atom is 0.350 e. The van der Waals surface area contributed by atoms with Crippen molar-refractivity contribution in [3.63, 3.8) is 0 Å². The van der Waals surface area contributed by atoms with Gasteiger partial charge in [-0.15, -0.1) is 0 Å². The molecule has 2 aromatic rings. The summed E-state index contributed by atoms with van der Waals surface area (Å²) in [5.41, 5.74) is 3.29. The topological polar surface area (TPSA) is 31.7 Å². The molecule has 0 saturated heterocycles. The summed E-state index contributed by atoms with van der Waals surface area (Å²) >= 11 is 0. The Morgan fingerprint density at radius 1 is 1.35 bits per heavy atom. The van der Waals surface area contributed by atoms with Gasteiger partial charge in [0.1, 0.15) is 12.3 Å². The average Bonchev–Trinajstić information content (AvgIpc) is 2.95. The molecule has 0 bridgehead atoms. The number of aromatic nitrogens is 2. The van der Waals surface area contributed by atoms with E-state index in [4.69, 9.17) is 0 Å². The highest BCUT2D eigenvalue weighted by Crippen LogP contribution is 2.20. The van der Waals surface area contributed by atoms with Crippen LogP contribution in [0.15, 0.2) is 61.2 Å². The third kappa shape index (κ3) is 3.12. The number of allylic oxidation sites excluding steroid dienone is 2. The summed E-state index contributed by atoms with van der Waals surface area (Å²) in [5, 5.41) is 7.51. The maximum atomic E-state index is 4.41. The van der Waals surface area contributed by atoms with Crippen LogP contribution in [-0.4, -0.2) is 27.0 Å². The number of hydrogen-bond donors (Lipinski definition) is 1. The molecule has 0 amide bonds. The van der Waals surface area contributed by atoms with Gasteiger partial charge in [-0.1, -0.05) is 49.1 Å². The van der Waals surface area contributed by atoms with Gasteiger partial charge in [-0.05, 0) is 19.9 Å². The highest BCUT2D eigenvalue weighted by atomic mass is 15.2. The SMILES string of the molecule is C=CC[N+](=C(C)/C=C/C)c1cc(-c2ccccc2)[nH]n1. The molecule has 0 spiro atoms. The van der Waals surface area contributed by atoms with Crippen molar-refractivity contribution in [1.29, 1.82) is 0 Å². The molecule has 0 fully saturated rings. The van der Waals surface area contributed by atoms with Gasteiger partial charge in [0, 0.05) is 5.56 Å². The van der Waals surface area contributed by atoms with Gasteiger partial charge < -0.3 is 0 Å². The average molecular weight is 266 g/mol. The van der Waals surface area contributed by atoms with E-state index in [-0.39, 0.29) is 0 Å². The highest BCUT2D eigenvalue weighted by molar-refractivity contribution is 5.89. The maximum absolute atomic E-state index is 4.41. The lowest BCUT2D eigenvalue weighted by Gasteiger charge is -2.01. The van der Waals surface area contributed by atoms with Crippen molar-refractivity contribution in [3.8, 4) is 11.3 Å². The number of aromatic amines is 1. The molecule has 1 heterocycles. The summed E-state index contributed by atoms with van der Waals surface area (Å²) in [6, 6.07) is 12.2. The number of rotatable bonds is 5. The third-order valence-corrected chi connectivity index (χ3v) is 3.07. The molecular weight excluding hydrogens is 246 g/mol. The molecule has 0 radical (unpaired) electrons. The quantitative estimate of drug-likeness (QED) is 0.496. The van der Waals surface area contributed by atoms with E-state index in [1.807, 2.05) is 37.3 Å². The van der Waals surface area contributed by atoms with Crippen LogP contribution in [0.2, 0.25) is 0 Å². The lowest BCUT2D eigenvalue weighted by atomic mass is 10.1. The van der Waals surface area contributed by atoms with E-state index in [1.54, 1.807) is 0 Å². The monoisotopic (exact) mass is 266 g/mol. The predicted octanol–water partition coefficient (Wildman–Crippen LogP) is 3.94. The zero-order chi connectivity index (χ0) is 14.4. The lowest BCUT2D eigenvalue weighted by molar-refractivity contribution is -0.432. The smallest absolute Gasteiger partial charge is 0.223 e.